The molecule has 1 saturated heterocycles. The van der Waals surface area contributed by atoms with E-state index in [4.69, 9.17) is 4.52 Å². The largest absolute Gasteiger partial charge is 0.361 e. The number of likely N-dealkylation sites (tertiary alicyclic amines) is 1. The zero-order valence-corrected chi connectivity index (χ0v) is 13.9. The highest BCUT2D eigenvalue weighted by Crippen LogP contribution is 2.19. The van der Waals surface area contributed by atoms with Gasteiger partial charge in [0.1, 0.15) is 11.8 Å². The lowest BCUT2D eigenvalue weighted by atomic mass is 10.2. The predicted octanol–water partition coefficient (Wildman–Crippen LogP) is 0.566. The smallest absolute Gasteiger partial charge is 0.243 e. The molecule has 2 aromatic heterocycles. The second-order valence-electron chi connectivity index (χ2n) is 6.06. The summed E-state index contributed by atoms with van der Waals surface area (Å²) in [6.45, 7) is 2.76. The minimum atomic E-state index is -0.426. The number of rotatable bonds is 5. The Morgan fingerprint density at radius 2 is 2.29 bits per heavy atom. The van der Waals surface area contributed by atoms with Crippen LogP contribution in [0.2, 0.25) is 0 Å². The molecule has 1 aliphatic rings. The number of carbonyl (C=O) groups excluding carboxylic acids is 2. The number of hydrogen-bond acceptors (Lipinski definition) is 5. The lowest BCUT2D eigenvalue weighted by molar-refractivity contribution is -0.138. The lowest BCUT2D eigenvalue weighted by Crippen LogP contribution is -2.46. The summed E-state index contributed by atoms with van der Waals surface area (Å²) in [5.74, 6) is 0.277. The van der Waals surface area contributed by atoms with E-state index < -0.39 is 6.04 Å². The van der Waals surface area contributed by atoms with Crippen molar-refractivity contribution in [1.82, 2.24) is 25.2 Å². The fraction of sp³-hybridized carbons (Fsp3) is 0.500. The van der Waals surface area contributed by atoms with Gasteiger partial charge in [-0.15, -0.1) is 0 Å². The van der Waals surface area contributed by atoms with E-state index >= 15 is 0 Å². The number of hydrogen-bond donors (Lipinski definition) is 1. The second kappa shape index (κ2) is 6.86. The van der Waals surface area contributed by atoms with E-state index in [2.05, 4.69) is 15.6 Å². The van der Waals surface area contributed by atoms with Crippen LogP contribution in [0.4, 0.5) is 0 Å². The molecule has 24 heavy (non-hydrogen) atoms. The fourth-order valence-corrected chi connectivity index (χ4v) is 2.94. The van der Waals surface area contributed by atoms with Crippen molar-refractivity contribution in [3.05, 3.63) is 35.5 Å². The van der Waals surface area contributed by atoms with Crippen LogP contribution in [0.1, 0.15) is 30.0 Å². The minimum absolute atomic E-state index is 0.110. The van der Waals surface area contributed by atoms with Crippen LogP contribution in [-0.4, -0.2) is 44.2 Å². The maximum atomic E-state index is 12.5. The van der Waals surface area contributed by atoms with Gasteiger partial charge in [0, 0.05) is 25.9 Å². The summed E-state index contributed by atoms with van der Waals surface area (Å²) in [7, 11) is 1.83. The molecule has 0 bridgehead atoms. The summed E-state index contributed by atoms with van der Waals surface area (Å²) >= 11 is 0. The molecule has 0 aromatic carbocycles. The molecule has 0 spiro atoms. The third-order valence-electron chi connectivity index (χ3n) is 4.09. The minimum Gasteiger partial charge on any atom is -0.361 e. The molecule has 1 unspecified atom stereocenters. The van der Waals surface area contributed by atoms with E-state index in [1.54, 1.807) is 22.6 Å². The number of aromatic nitrogens is 3. The van der Waals surface area contributed by atoms with Crippen molar-refractivity contribution in [2.75, 3.05) is 6.54 Å². The van der Waals surface area contributed by atoms with Crippen LogP contribution < -0.4 is 5.32 Å². The molecule has 0 aliphatic carbocycles. The highest BCUT2D eigenvalue weighted by atomic mass is 16.5. The Labute approximate surface area is 139 Å². The molecule has 2 amide bonds. The zero-order valence-electron chi connectivity index (χ0n) is 13.9. The first-order valence-corrected chi connectivity index (χ1v) is 8.01. The Bertz CT molecular complexity index is 736. The van der Waals surface area contributed by atoms with Crippen LogP contribution in [0.15, 0.2) is 22.9 Å². The van der Waals surface area contributed by atoms with Gasteiger partial charge < -0.3 is 14.7 Å². The highest BCUT2D eigenvalue weighted by Gasteiger charge is 2.34. The van der Waals surface area contributed by atoms with Crippen molar-refractivity contribution in [3.63, 3.8) is 0 Å². The third kappa shape index (κ3) is 3.64. The Balaban J connectivity index is 1.57. The van der Waals surface area contributed by atoms with Gasteiger partial charge in [0.15, 0.2) is 0 Å². The van der Waals surface area contributed by atoms with Gasteiger partial charge >= 0.3 is 0 Å². The first-order chi connectivity index (χ1) is 11.5. The topological polar surface area (TPSA) is 93.3 Å². The van der Waals surface area contributed by atoms with E-state index in [0.29, 0.717) is 25.3 Å². The Morgan fingerprint density at radius 3 is 2.96 bits per heavy atom. The molecule has 2 aromatic rings. The first kappa shape index (κ1) is 16.2. The maximum absolute atomic E-state index is 12.5. The van der Waals surface area contributed by atoms with Gasteiger partial charge in [-0.05, 0) is 25.8 Å². The third-order valence-corrected chi connectivity index (χ3v) is 4.09. The molecule has 3 heterocycles. The van der Waals surface area contributed by atoms with Gasteiger partial charge in [-0.25, -0.2) is 0 Å². The number of aryl methyl sites for hydroxylation is 2. The van der Waals surface area contributed by atoms with Crippen LogP contribution in [0, 0.1) is 6.92 Å². The molecule has 128 valence electrons. The maximum Gasteiger partial charge on any atom is 0.243 e. The Morgan fingerprint density at radius 1 is 1.46 bits per heavy atom. The summed E-state index contributed by atoms with van der Waals surface area (Å²) in [5.41, 5.74) is 1.53. The molecule has 1 N–H and O–H groups in total. The predicted molar refractivity (Wildman–Crippen MR) is 84.7 cm³/mol. The molecule has 8 heteroatoms. The van der Waals surface area contributed by atoms with E-state index in [1.807, 2.05) is 19.3 Å². The van der Waals surface area contributed by atoms with Crippen LogP contribution in [-0.2, 0) is 29.6 Å². The van der Waals surface area contributed by atoms with E-state index in [9.17, 15) is 9.59 Å². The molecule has 0 saturated carbocycles. The summed E-state index contributed by atoms with van der Waals surface area (Å²) in [4.78, 5) is 26.5. The van der Waals surface area contributed by atoms with Gasteiger partial charge in [-0.1, -0.05) is 5.16 Å². The number of nitrogens with zero attached hydrogens (tertiary/aromatic N) is 4. The summed E-state index contributed by atoms with van der Waals surface area (Å²) in [6.07, 6.45) is 3.45. The van der Waals surface area contributed by atoms with E-state index in [-0.39, 0.29) is 18.2 Å². The molecular formula is C16H21N5O3. The molecule has 3 rings (SSSR count). The second-order valence-corrected chi connectivity index (χ2v) is 6.06. The van der Waals surface area contributed by atoms with Crippen molar-refractivity contribution >= 4 is 11.8 Å². The molecule has 1 fully saturated rings. The van der Waals surface area contributed by atoms with Gasteiger partial charge in [0.05, 0.1) is 24.4 Å². The quantitative estimate of drug-likeness (QED) is 0.864. The Hall–Kier alpha value is -2.64. The van der Waals surface area contributed by atoms with Crippen LogP contribution in [0.25, 0.3) is 0 Å². The molecule has 1 atom stereocenters. The van der Waals surface area contributed by atoms with Crippen LogP contribution >= 0.6 is 0 Å². The van der Waals surface area contributed by atoms with Crippen molar-refractivity contribution in [2.24, 2.45) is 7.05 Å². The van der Waals surface area contributed by atoms with E-state index in [1.165, 1.54) is 0 Å². The summed E-state index contributed by atoms with van der Waals surface area (Å²) < 4.78 is 6.78. The number of carbonyl (C=O) groups is 2. The summed E-state index contributed by atoms with van der Waals surface area (Å²) in [6, 6.07) is 3.17. The van der Waals surface area contributed by atoms with E-state index in [0.717, 1.165) is 17.8 Å². The van der Waals surface area contributed by atoms with Gasteiger partial charge in [-0.2, -0.15) is 5.10 Å². The van der Waals surface area contributed by atoms with Crippen molar-refractivity contribution < 1.29 is 14.1 Å². The SMILES string of the molecule is Cc1cc(CC(=O)N2CCCC2C(=O)NCc2ccn(C)n2)on1. The monoisotopic (exact) mass is 331 g/mol. The van der Waals surface area contributed by atoms with Crippen LogP contribution in [0.3, 0.4) is 0 Å². The molecule has 8 nitrogen and oxygen atoms in total. The standard InChI is InChI=1S/C16H21N5O3/c1-11-8-13(24-19-11)9-15(22)21-6-3-4-14(21)16(23)17-10-12-5-7-20(2)18-12/h5,7-8,14H,3-4,6,9-10H2,1-2H3,(H,17,23). The molecule has 0 radical (unpaired) electrons. The average molecular weight is 331 g/mol. The van der Waals surface area contributed by atoms with Gasteiger partial charge in [0.25, 0.3) is 0 Å². The number of nitrogens with one attached hydrogen (secondary N) is 1. The Kier molecular flexibility index (Phi) is 4.64. The molecular weight excluding hydrogens is 310 g/mol. The average Bonchev–Trinajstić information content (AvgIpc) is 3.26. The van der Waals surface area contributed by atoms with Crippen molar-refractivity contribution in [1.29, 1.82) is 0 Å². The highest BCUT2D eigenvalue weighted by molar-refractivity contribution is 5.88. The lowest BCUT2D eigenvalue weighted by Gasteiger charge is -2.23. The zero-order chi connectivity index (χ0) is 17.1. The molecule has 1 aliphatic heterocycles. The van der Waals surface area contributed by atoms with Gasteiger partial charge in [0.2, 0.25) is 11.8 Å². The normalized spacial score (nSPS) is 17.2. The van der Waals surface area contributed by atoms with Gasteiger partial charge in [-0.3, -0.25) is 14.3 Å². The van der Waals surface area contributed by atoms with Crippen molar-refractivity contribution in [2.45, 2.75) is 38.8 Å². The van der Waals surface area contributed by atoms with Crippen LogP contribution in [0.5, 0.6) is 0 Å². The number of amides is 2. The first-order valence-electron chi connectivity index (χ1n) is 8.01. The summed E-state index contributed by atoms with van der Waals surface area (Å²) in [5, 5.41) is 10.9. The fourth-order valence-electron chi connectivity index (χ4n) is 2.94. The van der Waals surface area contributed by atoms with Crippen molar-refractivity contribution in [3.8, 4) is 0 Å².